The lowest BCUT2D eigenvalue weighted by Gasteiger charge is -2.36. The van der Waals surface area contributed by atoms with E-state index < -0.39 is 0 Å². The molecule has 186 valence electrons. The number of nitrogens with zero attached hydrogens (tertiary/aromatic N) is 4. The Kier molecular flexibility index (Phi) is 6.67. The van der Waals surface area contributed by atoms with Crippen molar-refractivity contribution < 1.29 is 13.9 Å². The summed E-state index contributed by atoms with van der Waals surface area (Å²) >= 11 is 6.63. The number of hydrogen-bond acceptors (Lipinski definition) is 7. The number of hydrogen-bond donors (Lipinski definition) is 0. The third-order valence-electron chi connectivity index (χ3n) is 6.11. The lowest BCUT2D eigenvalue weighted by atomic mass is 10.1. The maximum atomic E-state index is 13.7. The van der Waals surface area contributed by atoms with Gasteiger partial charge in [0.05, 0.1) is 29.2 Å². The molecule has 0 aliphatic carbocycles. The number of anilines is 1. The summed E-state index contributed by atoms with van der Waals surface area (Å²) in [7, 11) is 0. The lowest BCUT2D eigenvalue weighted by molar-refractivity contribution is -0.122. The second-order valence-corrected chi connectivity index (χ2v) is 10.8. The minimum Gasteiger partial charge on any atom is -0.372 e. The van der Waals surface area contributed by atoms with Gasteiger partial charge in [-0.25, -0.2) is 9.37 Å². The van der Waals surface area contributed by atoms with Crippen molar-refractivity contribution in [2.24, 2.45) is 0 Å². The number of ether oxygens (including phenoxy) is 1. The van der Waals surface area contributed by atoms with Crippen LogP contribution in [0.2, 0.25) is 0 Å². The number of carbonyl (C=O) groups excluding carboxylic acids is 1. The van der Waals surface area contributed by atoms with Crippen LogP contribution in [0, 0.1) is 12.7 Å². The molecule has 3 aromatic rings. The van der Waals surface area contributed by atoms with Crippen molar-refractivity contribution >= 4 is 51.7 Å². The average molecular weight is 525 g/mol. The molecule has 2 aliphatic heterocycles. The standard InChI is InChI=1S/C26H25FN4O3S2/c1-15-4-9-22-28-23(29-12-16(2)34-17(3)13-29)20(24(32)30(22)11-15)10-21-25(33)31(26(35)36-21)14-18-5-7-19(27)8-6-18/h4-11,16-17H,12-14H2,1-3H3/b21-10+. The molecule has 0 N–H and O–H groups in total. The van der Waals surface area contributed by atoms with Crippen molar-refractivity contribution in [3.05, 3.63) is 80.4 Å². The fraction of sp³-hybridized carbons (Fsp3) is 0.308. The number of pyridine rings is 1. The van der Waals surface area contributed by atoms with Gasteiger partial charge >= 0.3 is 0 Å². The molecule has 4 heterocycles. The molecule has 0 radical (unpaired) electrons. The Hall–Kier alpha value is -3.08. The summed E-state index contributed by atoms with van der Waals surface area (Å²) in [6, 6.07) is 9.68. The van der Waals surface area contributed by atoms with Crippen LogP contribution in [0.25, 0.3) is 11.7 Å². The Morgan fingerprint density at radius 2 is 1.83 bits per heavy atom. The zero-order valence-corrected chi connectivity index (χ0v) is 21.7. The van der Waals surface area contributed by atoms with Gasteiger partial charge in [0.25, 0.3) is 11.5 Å². The van der Waals surface area contributed by atoms with Crippen LogP contribution in [-0.4, -0.2) is 49.8 Å². The van der Waals surface area contributed by atoms with Crippen LogP contribution in [0.4, 0.5) is 10.2 Å². The predicted octanol–water partition coefficient (Wildman–Crippen LogP) is 4.16. The van der Waals surface area contributed by atoms with Gasteiger partial charge in [0.1, 0.15) is 21.6 Å². The van der Waals surface area contributed by atoms with Crippen LogP contribution < -0.4 is 10.5 Å². The molecule has 7 nitrogen and oxygen atoms in total. The number of amides is 1. The molecule has 0 saturated carbocycles. The number of halogens is 1. The molecule has 5 rings (SSSR count). The van der Waals surface area contributed by atoms with E-state index in [0.717, 1.165) is 22.9 Å². The van der Waals surface area contributed by atoms with Gasteiger partial charge in [-0.3, -0.25) is 18.9 Å². The van der Waals surface area contributed by atoms with E-state index in [1.807, 2.05) is 37.8 Å². The molecular weight excluding hydrogens is 499 g/mol. The fourth-order valence-corrected chi connectivity index (χ4v) is 5.74. The molecule has 2 aliphatic rings. The van der Waals surface area contributed by atoms with E-state index in [2.05, 4.69) is 0 Å². The van der Waals surface area contributed by atoms with Gasteiger partial charge in [0.15, 0.2) is 0 Å². The highest BCUT2D eigenvalue weighted by Gasteiger charge is 2.33. The van der Waals surface area contributed by atoms with E-state index in [4.69, 9.17) is 21.9 Å². The number of thioether (sulfide) groups is 1. The van der Waals surface area contributed by atoms with E-state index in [-0.39, 0.29) is 36.0 Å². The van der Waals surface area contributed by atoms with Crippen LogP contribution in [0.1, 0.15) is 30.5 Å². The Labute approximate surface area is 217 Å². The number of fused-ring (bicyclic) bond motifs is 1. The third kappa shape index (κ3) is 4.80. The summed E-state index contributed by atoms with van der Waals surface area (Å²) in [4.78, 5) is 35.7. The Morgan fingerprint density at radius 3 is 2.53 bits per heavy atom. The second kappa shape index (κ2) is 9.76. The highest BCUT2D eigenvalue weighted by Crippen LogP contribution is 2.35. The third-order valence-corrected chi connectivity index (χ3v) is 7.49. The van der Waals surface area contributed by atoms with Gasteiger partial charge < -0.3 is 9.64 Å². The molecule has 2 aromatic heterocycles. The highest BCUT2D eigenvalue weighted by atomic mass is 32.2. The molecule has 2 saturated heterocycles. The smallest absolute Gasteiger partial charge is 0.267 e. The quantitative estimate of drug-likeness (QED) is 0.375. The molecule has 1 aromatic carbocycles. The first-order valence-electron chi connectivity index (χ1n) is 11.6. The van der Waals surface area contributed by atoms with Crippen molar-refractivity contribution in [3.63, 3.8) is 0 Å². The van der Waals surface area contributed by atoms with Crippen molar-refractivity contribution in [2.75, 3.05) is 18.0 Å². The summed E-state index contributed by atoms with van der Waals surface area (Å²) < 4.78 is 21.1. The van der Waals surface area contributed by atoms with E-state index >= 15 is 0 Å². The van der Waals surface area contributed by atoms with E-state index in [9.17, 15) is 14.0 Å². The van der Waals surface area contributed by atoms with Crippen molar-refractivity contribution in [1.29, 1.82) is 0 Å². The molecule has 10 heteroatoms. The zero-order chi connectivity index (χ0) is 25.6. The van der Waals surface area contributed by atoms with Crippen LogP contribution in [0.5, 0.6) is 0 Å². The predicted molar refractivity (Wildman–Crippen MR) is 144 cm³/mol. The normalized spacial score (nSPS) is 21.7. The van der Waals surface area contributed by atoms with E-state index in [1.165, 1.54) is 21.4 Å². The molecule has 1 amide bonds. The highest BCUT2D eigenvalue weighted by molar-refractivity contribution is 8.26. The van der Waals surface area contributed by atoms with Gasteiger partial charge in [-0.05, 0) is 56.2 Å². The summed E-state index contributed by atoms with van der Waals surface area (Å²) in [5.74, 6) is -0.116. The molecular formula is C26H25FN4O3S2. The number of rotatable bonds is 4. The Balaban J connectivity index is 1.57. The van der Waals surface area contributed by atoms with Gasteiger partial charge in [-0.2, -0.15) is 0 Å². The monoisotopic (exact) mass is 524 g/mol. The summed E-state index contributed by atoms with van der Waals surface area (Å²) in [6.07, 6.45) is 3.28. The van der Waals surface area contributed by atoms with Crippen molar-refractivity contribution in [2.45, 2.75) is 39.5 Å². The van der Waals surface area contributed by atoms with Gasteiger partial charge in [0, 0.05) is 19.3 Å². The topological polar surface area (TPSA) is 67.2 Å². The number of aryl methyl sites for hydroxylation is 1. The van der Waals surface area contributed by atoms with Crippen LogP contribution in [0.3, 0.4) is 0 Å². The maximum absolute atomic E-state index is 13.7. The average Bonchev–Trinajstić information content (AvgIpc) is 3.09. The number of morpholine rings is 1. The van der Waals surface area contributed by atoms with Crippen molar-refractivity contribution in [1.82, 2.24) is 14.3 Å². The molecule has 0 spiro atoms. The number of carbonyl (C=O) groups is 1. The minimum absolute atomic E-state index is 0.0335. The van der Waals surface area contributed by atoms with Crippen LogP contribution in [0.15, 0.2) is 52.3 Å². The van der Waals surface area contributed by atoms with E-state index in [1.54, 1.807) is 24.4 Å². The zero-order valence-electron chi connectivity index (χ0n) is 20.1. The molecule has 2 unspecified atom stereocenters. The van der Waals surface area contributed by atoms with Gasteiger partial charge in [0.2, 0.25) is 0 Å². The largest absolute Gasteiger partial charge is 0.372 e. The van der Waals surface area contributed by atoms with E-state index in [0.29, 0.717) is 39.3 Å². The first-order valence-corrected chi connectivity index (χ1v) is 12.9. The number of aromatic nitrogens is 2. The first-order chi connectivity index (χ1) is 17.2. The Bertz CT molecular complexity index is 1440. The lowest BCUT2D eigenvalue weighted by Crippen LogP contribution is -2.46. The molecule has 2 atom stereocenters. The second-order valence-electron chi connectivity index (χ2n) is 9.15. The summed E-state index contributed by atoms with van der Waals surface area (Å²) in [5, 5.41) is 0. The summed E-state index contributed by atoms with van der Waals surface area (Å²) in [6.45, 7) is 7.25. The molecule has 0 bridgehead atoms. The van der Waals surface area contributed by atoms with Crippen molar-refractivity contribution in [3.8, 4) is 0 Å². The minimum atomic E-state index is -0.345. The first kappa shape index (κ1) is 24.6. The molecule has 36 heavy (non-hydrogen) atoms. The number of benzene rings is 1. The fourth-order valence-electron chi connectivity index (χ4n) is 4.50. The van der Waals surface area contributed by atoms with Crippen LogP contribution in [-0.2, 0) is 16.1 Å². The summed E-state index contributed by atoms with van der Waals surface area (Å²) in [5.41, 5.74) is 2.29. The Morgan fingerprint density at radius 1 is 1.14 bits per heavy atom. The van der Waals surface area contributed by atoms with Gasteiger partial charge in [-0.1, -0.05) is 42.2 Å². The van der Waals surface area contributed by atoms with Gasteiger partial charge in [-0.15, -0.1) is 0 Å². The molecule has 2 fully saturated rings. The SMILES string of the molecule is Cc1ccc2nc(N3CC(C)OC(C)C3)c(/C=C3/SC(=S)N(Cc4ccc(F)cc4)C3=O)c(=O)n2c1. The number of thiocarbonyl (C=S) groups is 1. The maximum Gasteiger partial charge on any atom is 0.267 e. The van der Waals surface area contributed by atoms with Crippen LogP contribution >= 0.6 is 24.0 Å².